The van der Waals surface area contributed by atoms with Crippen LogP contribution in [0.1, 0.15) is 32.3 Å². The first-order valence-electron chi connectivity index (χ1n) is 7.18. The molecule has 0 aliphatic carbocycles. The lowest BCUT2D eigenvalue weighted by atomic mass is 9.94. The molecule has 19 heavy (non-hydrogen) atoms. The lowest BCUT2D eigenvalue weighted by Gasteiger charge is -2.38. The van der Waals surface area contributed by atoms with Crippen LogP contribution >= 0.6 is 0 Å². The predicted molar refractivity (Wildman–Crippen MR) is 77.7 cm³/mol. The lowest BCUT2D eigenvalue weighted by Crippen LogP contribution is -2.50. The normalized spacial score (nSPS) is 25.1. The highest BCUT2D eigenvalue weighted by Gasteiger charge is 2.29. The summed E-state index contributed by atoms with van der Waals surface area (Å²) in [5.41, 5.74) is 7.18. The van der Waals surface area contributed by atoms with E-state index in [0.717, 1.165) is 25.8 Å². The highest BCUT2D eigenvalue weighted by Crippen LogP contribution is 2.20. The summed E-state index contributed by atoms with van der Waals surface area (Å²) in [5.74, 6) is 0.308. The number of hydrogen-bond acceptors (Lipinski definition) is 2. The molecule has 1 amide bonds. The minimum absolute atomic E-state index is 0.0409. The Kier molecular flexibility index (Phi) is 4.59. The van der Waals surface area contributed by atoms with Gasteiger partial charge in [0.15, 0.2) is 0 Å². The average molecular weight is 260 g/mol. The number of nitrogens with two attached hydrogens (primary N) is 1. The summed E-state index contributed by atoms with van der Waals surface area (Å²) >= 11 is 0. The van der Waals surface area contributed by atoms with Gasteiger partial charge >= 0.3 is 0 Å². The summed E-state index contributed by atoms with van der Waals surface area (Å²) in [6.45, 7) is 4.93. The van der Waals surface area contributed by atoms with E-state index < -0.39 is 0 Å². The number of benzene rings is 1. The van der Waals surface area contributed by atoms with Crippen LogP contribution in [0.15, 0.2) is 30.3 Å². The van der Waals surface area contributed by atoms with Gasteiger partial charge in [0.25, 0.3) is 0 Å². The Morgan fingerprint density at radius 1 is 1.42 bits per heavy atom. The molecule has 1 aliphatic rings. The van der Waals surface area contributed by atoms with Crippen LogP contribution in [0.25, 0.3) is 0 Å². The molecule has 1 aliphatic heterocycles. The minimum atomic E-state index is 0.0409. The molecule has 0 unspecified atom stereocenters. The van der Waals surface area contributed by atoms with E-state index in [-0.39, 0.29) is 23.9 Å². The van der Waals surface area contributed by atoms with Gasteiger partial charge in [-0.05, 0) is 31.7 Å². The van der Waals surface area contributed by atoms with Crippen molar-refractivity contribution in [3.8, 4) is 0 Å². The Labute approximate surface area is 115 Å². The second-order valence-electron chi connectivity index (χ2n) is 5.76. The van der Waals surface area contributed by atoms with E-state index in [1.54, 1.807) is 0 Å². The zero-order valence-electron chi connectivity index (χ0n) is 11.9. The third kappa shape index (κ3) is 3.57. The number of carbonyl (C=O) groups is 1. The molecule has 3 heteroatoms. The Morgan fingerprint density at radius 3 is 2.74 bits per heavy atom. The standard InChI is InChI=1S/C16H24N2O/c1-12(10-14-6-4-3-5-7-14)16(19)18-9-8-15(17)11-13(18)2/h3-7,12-13,15H,8-11,17H2,1-2H3/t12-,13-,15+/m1/s1. The van der Waals surface area contributed by atoms with Gasteiger partial charge in [-0.25, -0.2) is 0 Å². The van der Waals surface area contributed by atoms with Gasteiger partial charge in [0.1, 0.15) is 0 Å². The number of likely N-dealkylation sites (tertiary alicyclic amines) is 1. The second kappa shape index (κ2) is 6.20. The summed E-state index contributed by atoms with van der Waals surface area (Å²) in [5, 5.41) is 0. The number of rotatable bonds is 3. The van der Waals surface area contributed by atoms with Crippen molar-refractivity contribution in [2.75, 3.05) is 6.54 Å². The largest absolute Gasteiger partial charge is 0.340 e. The van der Waals surface area contributed by atoms with Gasteiger partial charge in [0.05, 0.1) is 0 Å². The van der Waals surface area contributed by atoms with Gasteiger partial charge in [-0.2, -0.15) is 0 Å². The molecule has 104 valence electrons. The van der Waals surface area contributed by atoms with Crippen molar-refractivity contribution in [1.82, 2.24) is 4.90 Å². The van der Waals surface area contributed by atoms with E-state index in [1.807, 2.05) is 30.0 Å². The van der Waals surface area contributed by atoms with Crippen LogP contribution in [0.5, 0.6) is 0 Å². The van der Waals surface area contributed by atoms with Crippen molar-refractivity contribution in [2.24, 2.45) is 11.7 Å². The summed E-state index contributed by atoms with van der Waals surface area (Å²) in [6.07, 6.45) is 2.66. The van der Waals surface area contributed by atoms with Gasteiger partial charge < -0.3 is 10.6 Å². The molecule has 1 fully saturated rings. The van der Waals surface area contributed by atoms with Crippen LogP contribution in [-0.4, -0.2) is 29.4 Å². The molecule has 0 saturated carbocycles. The fraction of sp³-hybridized carbons (Fsp3) is 0.562. The van der Waals surface area contributed by atoms with Crippen molar-refractivity contribution in [1.29, 1.82) is 0 Å². The van der Waals surface area contributed by atoms with Crippen LogP contribution in [0.3, 0.4) is 0 Å². The maximum Gasteiger partial charge on any atom is 0.225 e. The predicted octanol–water partition coefficient (Wildman–Crippen LogP) is 2.20. The summed E-state index contributed by atoms with van der Waals surface area (Å²) in [7, 11) is 0. The average Bonchev–Trinajstić information content (AvgIpc) is 2.39. The topological polar surface area (TPSA) is 46.3 Å². The summed E-state index contributed by atoms with van der Waals surface area (Å²) < 4.78 is 0. The molecule has 0 spiro atoms. The SMILES string of the molecule is C[C@H](Cc1ccccc1)C(=O)N1CC[C@H](N)C[C@H]1C. The molecule has 3 atom stereocenters. The third-order valence-electron chi connectivity index (χ3n) is 4.01. The molecule has 1 saturated heterocycles. The summed E-state index contributed by atoms with van der Waals surface area (Å²) in [6, 6.07) is 10.7. The number of piperidine rings is 1. The third-order valence-corrected chi connectivity index (χ3v) is 4.01. The first kappa shape index (κ1) is 14.1. The number of carbonyl (C=O) groups excluding carboxylic acids is 1. The van der Waals surface area contributed by atoms with Gasteiger partial charge in [0, 0.05) is 24.5 Å². The molecule has 0 bridgehead atoms. The maximum absolute atomic E-state index is 12.5. The Balaban J connectivity index is 1.95. The monoisotopic (exact) mass is 260 g/mol. The number of nitrogens with zero attached hydrogens (tertiary/aromatic N) is 1. The van der Waals surface area contributed by atoms with Gasteiger partial charge in [0.2, 0.25) is 5.91 Å². The molecule has 1 aromatic rings. The van der Waals surface area contributed by atoms with E-state index in [1.165, 1.54) is 5.56 Å². The van der Waals surface area contributed by atoms with Crippen molar-refractivity contribution in [3.63, 3.8) is 0 Å². The molecule has 0 radical (unpaired) electrons. The molecule has 0 aromatic heterocycles. The first-order chi connectivity index (χ1) is 9.08. The quantitative estimate of drug-likeness (QED) is 0.905. The second-order valence-corrected chi connectivity index (χ2v) is 5.76. The van der Waals surface area contributed by atoms with Crippen LogP contribution in [0, 0.1) is 5.92 Å². The number of hydrogen-bond donors (Lipinski definition) is 1. The van der Waals surface area contributed by atoms with Crippen molar-refractivity contribution < 1.29 is 4.79 Å². The van der Waals surface area contributed by atoms with Gasteiger partial charge in [-0.15, -0.1) is 0 Å². The first-order valence-corrected chi connectivity index (χ1v) is 7.18. The van der Waals surface area contributed by atoms with Crippen molar-refractivity contribution in [2.45, 2.75) is 45.2 Å². The molecule has 1 heterocycles. The zero-order valence-corrected chi connectivity index (χ0v) is 11.9. The fourth-order valence-corrected chi connectivity index (χ4v) is 2.87. The van der Waals surface area contributed by atoms with Crippen LogP contribution in [-0.2, 0) is 11.2 Å². The highest BCUT2D eigenvalue weighted by molar-refractivity contribution is 5.79. The minimum Gasteiger partial charge on any atom is -0.340 e. The smallest absolute Gasteiger partial charge is 0.225 e. The Hall–Kier alpha value is -1.35. The number of amides is 1. The van der Waals surface area contributed by atoms with Crippen molar-refractivity contribution in [3.05, 3.63) is 35.9 Å². The molecular formula is C16H24N2O. The van der Waals surface area contributed by atoms with Crippen molar-refractivity contribution >= 4 is 5.91 Å². The molecule has 1 aromatic carbocycles. The lowest BCUT2D eigenvalue weighted by molar-refractivity contribution is -0.138. The highest BCUT2D eigenvalue weighted by atomic mass is 16.2. The molecule has 3 nitrogen and oxygen atoms in total. The zero-order chi connectivity index (χ0) is 13.8. The van der Waals surface area contributed by atoms with Gasteiger partial charge in [-0.1, -0.05) is 37.3 Å². The maximum atomic E-state index is 12.5. The van der Waals surface area contributed by atoms with E-state index in [4.69, 9.17) is 5.73 Å². The van der Waals surface area contributed by atoms with E-state index in [2.05, 4.69) is 19.1 Å². The van der Waals surface area contributed by atoms with E-state index in [0.29, 0.717) is 0 Å². The van der Waals surface area contributed by atoms with E-state index in [9.17, 15) is 4.79 Å². The fourth-order valence-electron chi connectivity index (χ4n) is 2.87. The Morgan fingerprint density at radius 2 is 2.11 bits per heavy atom. The summed E-state index contributed by atoms with van der Waals surface area (Å²) in [4.78, 5) is 14.5. The van der Waals surface area contributed by atoms with Gasteiger partial charge in [-0.3, -0.25) is 4.79 Å². The molecule has 2 N–H and O–H groups in total. The van der Waals surface area contributed by atoms with Crippen LogP contribution < -0.4 is 5.73 Å². The Bertz CT molecular complexity index is 418. The van der Waals surface area contributed by atoms with Crippen LogP contribution in [0.4, 0.5) is 0 Å². The molecular weight excluding hydrogens is 236 g/mol. The van der Waals surface area contributed by atoms with E-state index >= 15 is 0 Å². The van der Waals surface area contributed by atoms with Crippen LogP contribution in [0.2, 0.25) is 0 Å². The molecule has 2 rings (SSSR count).